The van der Waals surface area contributed by atoms with E-state index in [0.717, 1.165) is 31.9 Å². The van der Waals surface area contributed by atoms with Crippen molar-refractivity contribution in [3.05, 3.63) is 24.3 Å². The number of hydrogen-bond acceptors (Lipinski definition) is 3. The van der Waals surface area contributed by atoms with Crippen molar-refractivity contribution in [2.45, 2.75) is 26.2 Å². The van der Waals surface area contributed by atoms with E-state index < -0.39 is 0 Å². The quantitative estimate of drug-likeness (QED) is 0.598. The number of nitrogens with zero attached hydrogens (tertiary/aromatic N) is 1. The van der Waals surface area contributed by atoms with Crippen LogP contribution in [0.5, 0.6) is 0 Å². The molecule has 0 amide bonds. The van der Waals surface area contributed by atoms with Crippen LogP contribution in [0.3, 0.4) is 0 Å². The van der Waals surface area contributed by atoms with Crippen molar-refractivity contribution in [2.24, 2.45) is 0 Å². The molecule has 5 heteroatoms. The molecule has 0 aromatic heterocycles. The van der Waals surface area contributed by atoms with Crippen LogP contribution in [0.15, 0.2) is 24.3 Å². The van der Waals surface area contributed by atoms with Gasteiger partial charge in [-0.25, -0.2) is 0 Å². The molecule has 0 saturated carbocycles. The van der Waals surface area contributed by atoms with Crippen molar-refractivity contribution in [3.63, 3.8) is 0 Å². The first-order chi connectivity index (χ1) is 10.3. The Morgan fingerprint density at radius 2 is 1.95 bits per heavy atom. The monoisotopic (exact) mass is 307 g/mol. The molecule has 1 aromatic carbocycles. The smallest absolute Gasteiger partial charge is 0.170 e. The lowest BCUT2D eigenvalue weighted by Gasteiger charge is -2.18. The lowest BCUT2D eigenvalue weighted by molar-refractivity contribution is 0.146. The highest BCUT2D eigenvalue weighted by atomic mass is 32.1. The zero-order chi connectivity index (χ0) is 14.9. The lowest BCUT2D eigenvalue weighted by Crippen LogP contribution is -2.29. The molecule has 0 atom stereocenters. The predicted octanol–water partition coefficient (Wildman–Crippen LogP) is 3.00. The molecule has 1 aromatic rings. The van der Waals surface area contributed by atoms with Crippen LogP contribution in [0.2, 0.25) is 0 Å². The Morgan fingerprint density at radius 3 is 2.62 bits per heavy atom. The summed E-state index contributed by atoms with van der Waals surface area (Å²) in [5.74, 6) is 0. The number of ether oxygens (including phenoxy) is 1. The van der Waals surface area contributed by atoms with Gasteiger partial charge in [-0.1, -0.05) is 0 Å². The van der Waals surface area contributed by atoms with Crippen LogP contribution in [0, 0.1) is 0 Å². The van der Waals surface area contributed by atoms with E-state index in [1.165, 1.54) is 31.6 Å². The van der Waals surface area contributed by atoms with Gasteiger partial charge in [-0.15, -0.1) is 0 Å². The van der Waals surface area contributed by atoms with E-state index in [2.05, 4.69) is 39.8 Å². The molecule has 1 aliphatic rings. The van der Waals surface area contributed by atoms with Crippen molar-refractivity contribution in [2.75, 3.05) is 43.1 Å². The molecule has 0 unspecified atom stereocenters. The maximum atomic E-state index is 5.29. The van der Waals surface area contributed by atoms with Gasteiger partial charge in [-0.05, 0) is 62.7 Å². The summed E-state index contributed by atoms with van der Waals surface area (Å²) in [5.41, 5.74) is 2.33. The third-order valence-electron chi connectivity index (χ3n) is 3.55. The van der Waals surface area contributed by atoms with Gasteiger partial charge in [-0.2, -0.15) is 0 Å². The van der Waals surface area contributed by atoms with E-state index in [1.807, 2.05) is 6.92 Å². The number of benzene rings is 1. The summed E-state index contributed by atoms with van der Waals surface area (Å²) in [4.78, 5) is 2.42. The van der Waals surface area contributed by atoms with E-state index in [1.54, 1.807) is 0 Å². The lowest BCUT2D eigenvalue weighted by atomic mass is 10.2. The predicted molar refractivity (Wildman–Crippen MR) is 93.2 cm³/mol. The molecule has 0 spiro atoms. The van der Waals surface area contributed by atoms with Gasteiger partial charge < -0.3 is 20.3 Å². The minimum absolute atomic E-state index is 0.667. The number of nitrogens with one attached hydrogen (secondary N) is 2. The summed E-state index contributed by atoms with van der Waals surface area (Å²) in [6, 6.07) is 8.49. The van der Waals surface area contributed by atoms with Crippen LogP contribution < -0.4 is 15.5 Å². The normalized spacial score (nSPS) is 14.2. The second-order valence-corrected chi connectivity index (χ2v) is 5.58. The third-order valence-corrected chi connectivity index (χ3v) is 3.80. The second kappa shape index (κ2) is 8.85. The highest BCUT2D eigenvalue weighted by molar-refractivity contribution is 7.80. The molecule has 0 aliphatic carbocycles. The zero-order valence-corrected chi connectivity index (χ0v) is 13.5. The third kappa shape index (κ3) is 5.52. The molecule has 1 heterocycles. The molecule has 1 fully saturated rings. The largest absolute Gasteiger partial charge is 0.382 e. The minimum Gasteiger partial charge on any atom is -0.382 e. The van der Waals surface area contributed by atoms with Gasteiger partial charge in [0.2, 0.25) is 0 Å². The van der Waals surface area contributed by atoms with E-state index in [4.69, 9.17) is 17.0 Å². The standard InChI is InChI=1S/C16H25N3OS/c1-2-20-13-5-10-17-16(21)18-14-6-8-15(9-7-14)19-11-3-4-12-19/h6-9H,2-5,10-13H2,1H3,(H2,17,18,21). The SMILES string of the molecule is CCOCCCNC(=S)Nc1ccc(N2CCCC2)cc1. The second-order valence-electron chi connectivity index (χ2n) is 5.17. The molecule has 0 bridgehead atoms. The molecule has 1 saturated heterocycles. The highest BCUT2D eigenvalue weighted by Crippen LogP contribution is 2.21. The summed E-state index contributed by atoms with van der Waals surface area (Å²) in [5, 5.41) is 7.07. The minimum atomic E-state index is 0.667. The Kier molecular flexibility index (Phi) is 6.76. The number of rotatable bonds is 7. The van der Waals surface area contributed by atoms with Gasteiger partial charge in [0.1, 0.15) is 0 Å². The average Bonchev–Trinajstić information content (AvgIpc) is 3.02. The first-order valence-electron chi connectivity index (χ1n) is 7.77. The van der Waals surface area contributed by atoms with Crippen LogP contribution >= 0.6 is 12.2 Å². The number of thiocarbonyl (C=S) groups is 1. The molecular weight excluding hydrogens is 282 g/mol. The molecule has 116 valence electrons. The average molecular weight is 307 g/mol. The Morgan fingerprint density at radius 1 is 1.24 bits per heavy atom. The van der Waals surface area contributed by atoms with Gasteiger partial charge in [-0.3, -0.25) is 0 Å². The summed E-state index contributed by atoms with van der Waals surface area (Å²) in [6.45, 7) is 6.73. The maximum absolute atomic E-state index is 5.29. The fraction of sp³-hybridized carbons (Fsp3) is 0.562. The van der Waals surface area contributed by atoms with Crippen LogP contribution in [-0.2, 0) is 4.74 Å². The molecule has 1 aliphatic heterocycles. The Labute approximate surface area is 132 Å². The zero-order valence-electron chi connectivity index (χ0n) is 12.7. The summed E-state index contributed by atoms with van der Waals surface area (Å²) < 4.78 is 5.29. The Bertz CT molecular complexity index is 430. The summed E-state index contributed by atoms with van der Waals surface area (Å²) >= 11 is 5.28. The van der Waals surface area contributed by atoms with Gasteiger partial charge in [0.05, 0.1) is 0 Å². The summed E-state index contributed by atoms with van der Waals surface area (Å²) in [6.07, 6.45) is 3.56. The Balaban J connectivity index is 1.71. The van der Waals surface area contributed by atoms with E-state index in [-0.39, 0.29) is 0 Å². The fourth-order valence-corrected chi connectivity index (χ4v) is 2.65. The van der Waals surface area contributed by atoms with Gasteiger partial charge >= 0.3 is 0 Å². The molecular formula is C16H25N3OS. The van der Waals surface area contributed by atoms with E-state index in [9.17, 15) is 0 Å². The Hall–Kier alpha value is -1.33. The number of hydrogen-bond donors (Lipinski definition) is 2. The highest BCUT2D eigenvalue weighted by Gasteiger charge is 2.11. The van der Waals surface area contributed by atoms with Crippen LogP contribution in [0.4, 0.5) is 11.4 Å². The van der Waals surface area contributed by atoms with Crippen LogP contribution in [0.1, 0.15) is 26.2 Å². The van der Waals surface area contributed by atoms with Gasteiger partial charge in [0, 0.05) is 44.2 Å². The first-order valence-corrected chi connectivity index (χ1v) is 8.18. The van der Waals surface area contributed by atoms with Crippen molar-refractivity contribution in [1.29, 1.82) is 0 Å². The van der Waals surface area contributed by atoms with Crippen molar-refractivity contribution >= 4 is 28.7 Å². The van der Waals surface area contributed by atoms with Crippen molar-refractivity contribution in [1.82, 2.24) is 5.32 Å². The van der Waals surface area contributed by atoms with Crippen LogP contribution in [0.25, 0.3) is 0 Å². The maximum Gasteiger partial charge on any atom is 0.170 e. The molecule has 4 nitrogen and oxygen atoms in total. The van der Waals surface area contributed by atoms with Crippen LogP contribution in [-0.4, -0.2) is 38.0 Å². The fourth-order valence-electron chi connectivity index (χ4n) is 2.43. The first kappa shape index (κ1) is 16.0. The van der Waals surface area contributed by atoms with E-state index in [0.29, 0.717) is 5.11 Å². The van der Waals surface area contributed by atoms with Gasteiger partial charge in [0.25, 0.3) is 0 Å². The summed E-state index contributed by atoms with van der Waals surface area (Å²) in [7, 11) is 0. The molecule has 2 rings (SSSR count). The van der Waals surface area contributed by atoms with E-state index >= 15 is 0 Å². The van der Waals surface area contributed by atoms with Crippen molar-refractivity contribution in [3.8, 4) is 0 Å². The molecule has 21 heavy (non-hydrogen) atoms. The van der Waals surface area contributed by atoms with Gasteiger partial charge in [0.15, 0.2) is 5.11 Å². The number of anilines is 2. The van der Waals surface area contributed by atoms with Crippen molar-refractivity contribution < 1.29 is 4.74 Å². The molecule has 0 radical (unpaired) electrons. The molecule has 2 N–H and O–H groups in total. The topological polar surface area (TPSA) is 36.5 Å².